The summed E-state index contributed by atoms with van der Waals surface area (Å²) in [6, 6.07) is 25.7. The van der Waals surface area contributed by atoms with Gasteiger partial charge in [-0.15, -0.1) is 0 Å². The van der Waals surface area contributed by atoms with E-state index in [-0.39, 0.29) is 11.4 Å². The highest BCUT2D eigenvalue weighted by atomic mass is 32.2. The van der Waals surface area contributed by atoms with E-state index < -0.39 is 21.9 Å². The van der Waals surface area contributed by atoms with Crippen LogP contribution in [0.4, 0.5) is 10.1 Å². The van der Waals surface area contributed by atoms with E-state index in [0.717, 1.165) is 34.5 Å². The van der Waals surface area contributed by atoms with Crippen LogP contribution in [0, 0.1) is 17.1 Å². The summed E-state index contributed by atoms with van der Waals surface area (Å²) in [5.41, 5.74) is 4.07. The number of nitriles is 1. The van der Waals surface area contributed by atoms with Crippen LogP contribution in [0.5, 0.6) is 0 Å². The Hall–Kier alpha value is -4.06. The van der Waals surface area contributed by atoms with Crippen molar-refractivity contribution >= 4 is 15.7 Å². The number of pyridine rings is 1. The number of anilines is 1. The van der Waals surface area contributed by atoms with Crippen LogP contribution in [-0.4, -0.2) is 30.3 Å². The molecule has 0 bridgehead atoms. The van der Waals surface area contributed by atoms with Gasteiger partial charge in [-0.1, -0.05) is 36.4 Å². The van der Waals surface area contributed by atoms with Crippen molar-refractivity contribution in [3.8, 4) is 6.07 Å². The van der Waals surface area contributed by atoms with E-state index in [2.05, 4.69) is 16.0 Å². The molecule has 0 radical (unpaired) electrons. The number of benzene rings is 3. The number of fused-ring (bicyclic) bond motifs is 1. The number of aromatic nitrogens is 1. The lowest BCUT2D eigenvalue weighted by molar-refractivity contribution is 0.318. The normalized spacial score (nSPS) is 16.0. The number of nitrogens with zero attached hydrogens (tertiary/aromatic N) is 4. The number of hydrogen-bond acceptors (Lipinski definition) is 5. The van der Waals surface area contributed by atoms with E-state index in [4.69, 9.17) is 0 Å². The first-order valence-corrected chi connectivity index (χ1v) is 13.4. The molecule has 0 amide bonds. The van der Waals surface area contributed by atoms with E-state index in [1.54, 1.807) is 24.5 Å². The van der Waals surface area contributed by atoms with Crippen LogP contribution in [0.15, 0.2) is 102 Å². The molecule has 0 fully saturated rings. The smallest absolute Gasteiger partial charge is 0.243 e. The second kappa shape index (κ2) is 10.5. The van der Waals surface area contributed by atoms with Gasteiger partial charge in [-0.3, -0.25) is 4.98 Å². The van der Waals surface area contributed by atoms with Gasteiger partial charge >= 0.3 is 0 Å². The average Bonchev–Trinajstić information content (AvgIpc) is 3.07. The van der Waals surface area contributed by atoms with Gasteiger partial charge in [0.1, 0.15) is 5.82 Å². The molecular formula is C29H25FN4O2S. The molecule has 1 aliphatic rings. The van der Waals surface area contributed by atoms with Crippen LogP contribution >= 0.6 is 0 Å². The van der Waals surface area contributed by atoms with Gasteiger partial charge in [-0.05, 0) is 71.6 Å². The van der Waals surface area contributed by atoms with Crippen molar-refractivity contribution in [1.29, 1.82) is 5.26 Å². The predicted octanol–water partition coefficient (Wildman–Crippen LogP) is 4.91. The summed E-state index contributed by atoms with van der Waals surface area (Å²) >= 11 is 0. The van der Waals surface area contributed by atoms with Crippen molar-refractivity contribution in [1.82, 2.24) is 9.29 Å². The van der Waals surface area contributed by atoms with Crippen molar-refractivity contribution in [2.45, 2.75) is 30.4 Å². The molecule has 1 aliphatic heterocycles. The van der Waals surface area contributed by atoms with Crippen molar-refractivity contribution < 1.29 is 12.8 Å². The first kappa shape index (κ1) is 24.6. The zero-order chi connectivity index (χ0) is 25.8. The van der Waals surface area contributed by atoms with E-state index in [9.17, 15) is 18.1 Å². The Morgan fingerprint density at radius 2 is 1.73 bits per heavy atom. The van der Waals surface area contributed by atoms with Gasteiger partial charge in [-0.25, -0.2) is 12.8 Å². The maximum absolute atomic E-state index is 14.0. The minimum absolute atomic E-state index is 0.0330. The number of hydrogen-bond donors (Lipinski definition) is 0. The van der Waals surface area contributed by atoms with Crippen molar-refractivity contribution in [2.24, 2.45) is 0 Å². The fraction of sp³-hybridized carbons (Fsp3) is 0.172. The summed E-state index contributed by atoms with van der Waals surface area (Å²) in [7, 11) is -3.99. The molecule has 37 heavy (non-hydrogen) atoms. The van der Waals surface area contributed by atoms with Crippen LogP contribution in [-0.2, 0) is 29.5 Å². The summed E-state index contributed by atoms with van der Waals surface area (Å²) in [4.78, 5) is 6.43. The van der Waals surface area contributed by atoms with Crippen molar-refractivity contribution in [3.05, 3.63) is 125 Å². The minimum atomic E-state index is -3.99. The molecule has 2 heterocycles. The molecular weight excluding hydrogens is 487 g/mol. The molecule has 3 aromatic carbocycles. The second-order valence-corrected chi connectivity index (χ2v) is 10.9. The summed E-state index contributed by atoms with van der Waals surface area (Å²) in [6.45, 7) is 1.04. The fourth-order valence-corrected chi connectivity index (χ4v) is 6.36. The van der Waals surface area contributed by atoms with Crippen LogP contribution in [0.3, 0.4) is 0 Å². The van der Waals surface area contributed by atoms with Crippen molar-refractivity contribution in [3.63, 3.8) is 0 Å². The molecule has 0 saturated carbocycles. The largest absolute Gasteiger partial charge is 0.365 e. The van der Waals surface area contributed by atoms with Gasteiger partial charge in [0.15, 0.2) is 0 Å². The molecule has 0 spiro atoms. The average molecular weight is 513 g/mol. The Morgan fingerprint density at radius 3 is 2.43 bits per heavy atom. The number of halogens is 1. The number of rotatable bonds is 6. The lowest BCUT2D eigenvalue weighted by Crippen LogP contribution is -2.45. The fourth-order valence-electron chi connectivity index (χ4n) is 4.77. The minimum Gasteiger partial charge on any atom is -0.365 e. The molecule has 1 aromatic heterocycles. The van der Waals surface area contributed by atoms with E-state index in [1.165, 1.54) is 16.4 Å². The molecule has 0 aliphatic carbocycles. The number of sulfonamides is 1. The van der Waals surface area contributed by atoms with E-state index in [1.807, 2.05) is 48.5 Å². The zero-order valence-corrected chi connectivity index (χ0v) is 20.9. The topological polar surface area (TPSA) is 77.3 Å². The first-order valence-electron chi connectivity index (χ1n) is 11.9. The molecule has 186 valence electrons. The molecule has 1 atom stereocenters. The summed E-state index contributed by atoms with van der Waals surface area (Å²) < 4.78 is 43.1. The Morgan fingerprint density at radius 1 is 0.973 bits per heavy atom. The third-order valence-electron chi connectivity index (χ3n) is 6.54. The quantitative estimate of drug-likeness (QED) is 0.367. The maximum Gasteiger partial charge on any atom is 0.243 e. The first-order chi connectivity index (χ1) is 17.9. The Labute approximate surface area is 216 Å². The van der Waals surface area contributed by atoms with Gasteiger partial charge in [-0.2, -0.15) is 9.57 Å². The van der Waals surface area contributed by atoms with Crippen LogP contribution in [0.1, 0.15) is 22.3 Å². The van der Waals surface area contributed by atoms with E-state index >= 15 is 0 Å². The molecule has 5 rings (SSSR count). The van der Waals surface area contributed by atoms with Gasteiger partial charge in [0.05, 0.1) is 16.5 Å². The molecule has 4 aromatic rings. The van der Waals surface area contributed by atoms with Gasteiger partial charge in [0.2, 0.25) is 10.0 Å². The van der Waals surface area contributed by atoms with Gasteiger partial charge < -0.3 is 4.90 Å². The summed E-state index contributed by atoms with van der Waals surface area (Å²) in [5.74, 6) is -0.498. The molecule has 1 unspecified atom stereocenters. The molecule has 6 nitrogen and oxygen atoms in total. The van der Waals surface area contributed by atoms with Gasteiger partial charge in [0, 0.05) is 43.8 Å². The SMILES string of the molecule is N#Cc1ccc2c(c1)CN(S(=O)(=O)c1ccc(F)cc1)C(Cc1ccccc1)CN2Cc1cccnc1. The maximum atomic E-state index is 14.0. The third kappa shape index (κ3) is 5.38. The van der Waals surface area contributed by atoms with Crippen molar-refractivity contribution in [2.75, 3.05) is 11.4 Å². The van der Waals surface area contributed by atoms with Gasteiger partial charge in [0.25, 0.3) is 0 Å². The Kier molecular flexibility index (Phi) is 6.99. The van der Waals surface area contributed by atoms with E-state index in [0.29, 0.717) is 25.1 Å². The second-order valence-electron chi connectivity index (χ2n) is 9.04. The predicted molar refractivity (Wildman–Crippen MR) is 140 cm³/mol. The standard InChI is InChI=1S/C29H25FN4O2S/c30-26-9-11-28(12-10-26)37(35,36)34-20-25-15-23(17-31)8-13-29(25)33(19-24-7-4-14-32-18-24)21-27(34)16-22-5-2-1-3-6-22/h1-15,18,27H,16,19-21H2. The Balaban J connectivity index is 1.62. The summed E-state index contributed by atoms with van der Waals surface area (Å²) in [5, 5.41) is 9.55. The Bertz CT molecular complexity index is 1520. The molecule has 0 N–H and O–H groups in total. The summed E-state index contributed by atoms with van der Waals surface area (Å²) in [6.07, 6.45) is 4.01. The lowest BCUT2D eigenvalue weighted by atomic mass is 10.1. The lowest BCUT2D eigenvalue weighted by Gasteiger charge is -2.32. The van der Waals surface area contributed by atoms with Crippen LogP contribution in [0.2, 0.25) is 0 Å². The van der Waals surface area contributed by atoms with Crippen LogP contribution in [0.25, 0.3) is 0 Å². The highest BCUT2D eigenvalue weighted by molar-refractivity contribution is 7.89. The van der Waals surface area contributed by atoms with Crippen LogP contribution < -0.4 is 4.90 Å². The molecule has 8 heteroatoms. The third-order valence-corrected chi connectivity index (χ3v) is 8.46. The monoisotopic (exact) mass is 512 g/mol. The molecule has 0 saturated heterocycles. The highest BCUT2D eigenvalue weighted by Crippen LogP contribution is 2.34. The zero-order valence-electron chi connectivity index (χ0n) is 20.0. The highest BCUT2D eigenvalue weighted by Gasteiger charge is 2.36.